The van der Waals surface area contributed by atoms with E-state index in [0.29, 0.717) is 26.2 Å². The van der Waals surface area contributed by atoms with Gasteiger partial charge in [-0.05, 0) is 36.8 Å². The van der Waals surface area contributed by atoms with Gasteiger partial charge in [0.15, 0.2) is 0 Å². The second-order valence-corrected chi connectivity index (χ2v) is 8.63. The first kappa shape index (κ1) is 21.9. The number of nitrogens with zero attached hydrogens (tertiary/aromatic N) is 2. The number of nitrogens with one attached hydrogen (secondary N) is 1. The first-order valence-electron chi connectivity index (χ1n) is 10.0. The summed E-state index contributed by atoms with van der Waals surface area (Å²) in [5.74, 6) is 0.00227. The lowest BCUT2D eigenvalue weighted by Crippen LogP contribution is -2.54. The first-order valence-corrected chi connectivity index (χ1v) is 10.0. The molecule has 1 heterocycles. The Labute approximate surface area is 168 Å². The molecular formula is C22H33N3O3. The molecule has 1 aliphatic heterocycles. The standard InChI is InChI=1S/C22H33N3O3/c1-15(2)17-8-7-9-18(16(3)4)19(17)23-20(27)22(5,6)21(28)25-12-10-24(14-26)11-13-25/h7-9,14-16H,10-13H2,1-6H3,(H,23,27). The Morgan fingerprint density at radius 2 is 1.50 bits per heavy atom. The zero-order chi connectivity index (χ0) is 21.1. The molecule has 0 aliphatic carbocycles. The third-order valence-corrected chi connectivity index (χ3v) is 5.46. The second-order valence-electron chi connectivity index (χ2n) is 8.63. The highest BCUT2D eigenvalue weighted by atomic mass is 16.2. The summed E-state index contributed by atoms with van der Waals surface area (Å²) < 4.78 is 0. The van der Waals surface area contributed by atoms with Crippen LogP contribution >= 0.6 is 0 Å². The topological polar surface area (TPSA) is 69.7 Å². The quantitative estimate of drug-likeness (QED) is 0.602. The molecule has 6 nitrogen and oxygen atoms in total. The largest absolute Gasteiger partial charge is 0.342 e. The molecule has 0 radical (unpaired) electrons. The van der Waals surface area contributed by atoms with Crippen molar-refractivity contribution in [2.75, 3.05) is 31.5 Å². The van der Waals surface area contributed by atoms with Crippen LogP contribution in [-0.2, 0) is 14.4 Å². The van der Waals surface area contributed by atoms with Crippen molar-refractivity contribution in [3.63, 3.8) is 0 Å². The van der Waals surface area contributed by atoms with Gasteiger partial charge in [0.25, 0.3) is 0 Å². The monoisotopic (exact) mass is 387 g/mol. The lowest BCUT2D eigenvalue weighted by molar-refractivity contribution is -0.148. The molecular weight excluding hydrogens is 354 g/mol. The van der Waals surface area contributed by atoms with Crippen molar-refractivity contribution in [1.82, 2.24) is 9.80 Å². The number of hydrogen-bond acceptors (Lipinski definition) is 3. The minimum absolute atomic E-state index is 0.205. The number of amides is 3. The molecule has 3 amide bonds. The molecule has 0 atom stereocenters. The Hall–Kier alpha value is -2.37. The van der Waals surface area contributed by atoms with Gasteiger partial charge in [-0.1, -0.05) is 45.9 Å². The van der Waals surface area contributed by atoms with E-state index in [0.717, 1.165) is 23.2 Å². The van der Waals surface area contributed by atoms with Crippen LogP contribution in [0.2, 0.25) is 0 Å². The highest BCUT2D eigenvalue weighted by molar-refractivity contribution is 6.10. The van der Waals surface area contributed by atoms with Crippen LogP contribution in [0, 0.1) is 5.41 Å². The van der Waals surface area contributed by atoms with E-state index >= 15 is 0 Å². The lowest BCUT2D eigenvalue weighted by Gasteiger charge is -2.37. The van der Waals surface area contributed by atoms with E-state index in [-0.39, 0.29) is 23.7 Å². The summed E-state index contributed by atoms with van der Waals surface area (Å²) in [4.78, 5) is 40.4. The third kappa shape index (κ3) is 4.54. The number of hydrogen-bond donors (Lipinski definition) is 1. The summed E-state index contributed by atoms with van der Waals surface area (Å²) in [6, 6.07) is 6.07. The van der Waals surface area contributed by atoms with Crippen LogP contribution in [0.3, 0.4) is 0 Å². The Morgan fingerprint density at radius 1 is 1.00 bits per heavy atom. The summed E-state index contributed by atoms with van der Waals surface area (Å²) in [6.07, 6.45) is 0.802. The SMILES string of the molecule is CC(C)c1cccc(C(C)C)c1NC(=O)C(C)(C)C(=O)N1CCN(C=O)CC1. The first-order chi connectivity index (χ1) is 13.1. The van der Waals surface area contributed by atoms with Gasteiger partial charge in [0.1, 0.15) is 5.41 Å². The van der Waals surface area contributed by atoms with E-state index in [9.17, 15) is 14.4 Å². The van der Waals surface area contributed by atoms with Crippen molar-refractivity contribution in [1.29, 1.82) is 0 Å². The van der Waals surface area contributed by atoms with Crippen molar-refractivity contribution in [2.24, 2.45) is 5.41 Å². The molecule has 2 rings (SSSR count). The number of anilines is 1. The number of benzene rings is 1. The van der Waals surface area contributed by atoms with Crippen molar-refractivity contribution in [3.05, 3.63) is 29.3 Å². The second kappa shape index (κ2) is 8.76. The predicted octanol–water partition coefficient (Wildman–Crippen LogP) is 3.20. The molecule has 0 unspecified atom stereocenters. The Bertz CT molecular complexity index is 706. The van der Waals surface area contributed by atoms with E-state index in [1.807, 2.05) is 18.2 Å². The fourth-order valence-electron chi connectivity index (χ4n) is 3.49. The highest BCUT2D eigenvalue weighted by Crippen LogP contribution is 2.34. The van der Waals surface area contributed by atoms with Crippen LogP contribution in [0.4, 0.5) is 5.69 Å². The minimum atomic E-state index is -1.19. The molecule has 1 aliphatic rings. The van der Waals surface area contributed by atoms with Crippen LogP contribution in [-0.4, -0.2) is 54.2 Å². The smallest absolute Gasteiger partial charge is 0.239 e. The van der Waals surface area contributed by atoms with Gasteiger partial charge < -0.3 is 15.1 Å². The molecule has 154 valence electrons. The molecule has 0 bridgehead atoms. The van der Waals surface area contributed by atoms with Gasteiger partial charge in [-0.25, -0.2) is 0 Å². The molecule has 0 aromatic heterocycles. The molecule has 6 heteroatoms. The summed E-state index contributed by atoms with van der Waals surface area (Å²) >= 11 is 0. The maximum absolute atomic E-state index is 13.2. The van der Waals surface area contributed by atoms with Crippen LogP contribution in [0.5, 0.6) is 0 Å². The van der Waals surface area contributed by atoms with Gasteiger partial charge in [0.05, 0.1) is 0 Å². The van der Waals surface area contributed by atoms with Crippen LogP contribution in [0.1, 0.15) is 64.5 Å². The summed E-state index contributed by atoms with van der Waals surface area (Å²) in [7, 11) is 0. The fraction of sp³-hybridized carbons (Fsp3) is 0.591. The van der Waals surface area contributed by atoms with E-state index in [1.165, 1.54) is 0 Å². The van der Waals surface area contributed by atoms with E-state index in [2.05, 4.69) is 33.0 Å². The minimum Gasteiger partial charge on any atom is -0.342 e. The van der Waals surface area contributed by atoms with Gasteiger partial charge in [0, 0.05) is 31.9 Å². The predicted molar refractivity (Wildman–Crippen MR) is 111 cm³/mol. The normalized spacial score (nSPS) is 15.1. The van der Waals surface area contributed by atoms with Gasteiger partial charge in [-0.2, -0.15) is 0 Å². The van der Waals surface area contributed by atoms with Crippen molar-refractivity contribution >= 4 is 23.9 Å². The zero-order valence-electron chi connectivity index (χ0n) is 17.9. The average molecular weight is 388 g/mol. The number of carbonyl (C=O) groups excluding carboxylic acids is 3. The van der Waals surface area contributed by atoms with E-state index < -0.39 is 5.41 Å². The van der Waals surface area contributed by atoms with Crippen molar-refractivity contribution < 1.29 is 14.4 Å². The maximum Gasteiger partial charge on any atom is 0.239 e. The number of para-hydroxylation sites is 1. The Kier molecular flexibility index (Phi) is 6.86. The summed E-state index contributed by atoms with van der Waals surface area (Å²) in [6.45, 7) is 13.6. The molecule has 1 aromatic rings. The highest BCUT2D eigenvalue weighted by Gasteiger charge is 2.40. The molecule has 28 heavy (non-hydrogen) atoms. The summed E-state index contributed by atoms with van der Waals surface area (Å²) in [5, 5.41) is 3.07. The van der Waals surface area contributed by atoms with Crippen molar-refractivity contribution in [2.45, 2.75) is 53.4 Å². The number of rotatable bonds is 6. The van der Waals surface area contributed by atoms with Gasteiger partial charge in [-0.15, -0.1) is 0 Å². The fourth-order valence-corrected chi connectivity index (χ4v) is 3.49. The zero-order valence-corrected chi connectivity index (χ0v) is 17.9. The average Bonchev–Trinajstić information content (AvgIpc) is 2.67. The van der Waals surface area contributed by atoms with E-state index in [4.69, 9.17) is 0 Å². The lowest BCUT2D eigenvalue weighted by atomic mass is 9.88. The van der Waals surface area contributed by atoms with Gasteiger partial charge >= 0.3 is 0 Å². The van der Waals surface area contributed by atoms with Gasteiger partial charge in [0.2, 0.25) is 18.2 Å². The molecule has 0 saturated carbocycles. The van der Waals surface area contributed by atoms with Crippen LogP contribution < -0.4 is 5.32 Å². The summed E-state index contributed by atoms with van der Waals surface area (Å²) in [5.41, 5.74) is 1.77. The van der Waals surface area contributed by atoms with Crippen LogP contribution in [0.15, 0.2) is 18.2 Å². The number of piperazine rings is 1. The molecule has 1 N–H and O–H groups in total. The van der Waals surface area contributed by atoms with Gasteiger partial charge in [-0.3, -0.25) is 14.4 Å². The Balaban J connectivity index is 2.24. The molecule has 0 spiro atoms. The third-order valence-electron chi connectivity index (χ3n) is 5.46. The maximum atomic E-state index is 13.2. The molecule has 1 fully saturated rings. The van der Waals surface area contributed by atoms with E-state index in [1.54, 1.807) is 23.6 Å². The van der Waals surface area contributed by atoms with Crippen molar-refractivity contribution in [3.8, 4) is 0 Å². The molecule has 1 saturated heterocycles. The number of carbonyl (C=O) groups is 3. The molecule has 1 aromatic carbocycles. The Morgan fingerprint density at radius 3 is 1.93 bits per heavy atom. The van der Waals surface area contributed by atoms with Crippen LogP contribution in [0.25, 0.3) is 0 Å².